The van der Waals surface area contributed by atoms with Crippen molar-refractivity contribution < 1.29 is 4.39 Å². The van der Waals surface area contributed by atoms with Gasteiger partial charge in [-0.2, -0.15) is 0 Å². The van der Waals surface area contributed by atoms with Crippen LogP contribution in [-0.4, -0.2) is 31.1 Å². The molecule has 0 bridgehead atoms. The molecule has 0 aliphatic rings. The lowest BCUT2D eigenvalue weighted by Crippen LogP contribution is -2.32. The Hall–Kier alpha value is -0.930. The fourth-order valence-corrected chi connectivity index (χ4v) is 1.81. The molecule has 0 spiro atoms. The van der Waals surface area contributed by atoms with Crippen molar-refractivity contribution in [1.82, 2.24) is 4.90 Å². The molecule has 2 N–H and O–H groups in total. The zero-order chi connectivity index (χ0) is 11.8. The Morgan fingerprint density at radius 2 is 2.06 bits per heavy atom. The molecule has 1 aromatic rings. The minimum Gasteiger partial charge on any atom is -0.329 e. The lowest BCUT2D eigenvalue weighted by atomic mass is 10.1. The fraction of sp³-hybridized carbons (Fsp3) is 0.538. The maximum absolute atomic E-state index is 13.0. The van der Waals surface area contributed by atoms with Crippen molar-refractivity contribution in [3.63, 3.8) is 0 Å². The van der Waals surface area contributed by atoms with Crippen molar-refractivity contribution in [1.29, 1.82) is 0 Å². The molecule has 0 heterocycles. The number of hydrogen-bond donors (Lipinski definition) is 1. The van der Waals surface area contributed by atoms with Crippen LogP contribution in [0.3, 0.4) is 0 Å². The molecule has 0 aliphatic carbocycles. The number of nitrogens with two attached hydrogens (primary N) is 1. The minimum atomic E-state index is -0.154. The van der Waals surface area contributed by atoms with E-state index in [-0.39, 0.29) is 5.82 Å². The third kappa shape index (κ3) is 4.73. The van der Waals surface area contributed by atoms with Crippen LogP contribution in [0.25, 0.3) is 0 Å². The number of hydrogen-bond acceptors (Lipinski definition) is 2. The molecule has 16 heavy (non-hydrogen) atoms. The van der Waals surface area contributed by atoms with Crippen LogP contribution in [0.1, 0.15) is 18.9 Å². The molecule has 0 saturated heterocycles. The normalized spacial score (nSPS) is 11.0. The Kier molecular flexibility index (Phi) is 6.04. The lowest BCUT2D eigenvalue weighted by Gasteiger charge is -2.20. The van der Waals surface area contributed by atoms with Crippen LogP contribution < -0.4 is 5.73 Å². The smallest absolute Gasteiger partial charge is 0.123 e. The van der Waals surface area contributed by atoms with E-state index in [9.17, 15) is 4.39 Å². The predicted octanol–water partition coefficient (Wildman–Crippen LogP) is 2.04. The molecule has 1 aromatic carbocycles. The van der Waals surface area contributed by atoms with E-state index in [1.54, 1.807) is 12.1 Å². The lowest BCUT2D eigenvalue weighted by molar-refractivity contribution is 0.285. The van der Waals surface area contributed by atoms with E-state index in [0.29, 0.717) is 6.54 Å². The molecular formula is C13H21FN2. The SMILES string of the molecule is CCCN(CCN)CCc1cccc(F)c1. The Morgan fingerprint density at radius 1 is 1.25 bits per heavy atom. The second-order valence-electron chi connectivity index (χ2n) is 4.01. The quantitative estimate of drug-likeness (QED) is 0.768. The highest BCUT2D eigenvalue weighted by molar-refractivity contribution is 5.16. The van der Waals surface area contributed by atoms with E-state index < -0.39 is 0 Å². The highest BCUT2D eigenvalue weighted by Gasteiger charge is 2.03. The van der Waals surface area contributed by atoms with Gasteiger partial charge in [0.1, 0.15) is 5.82 Å². The first-order valence-electron chi connectivity index (χ1n) is 5.93. The second kappa shape index (κ2) is 7.36. The van der Waals surface area contributed by atoms with Gasteiger partial charge in [-0.25, -0.2) is 4.39 Å². The number of rotatable bonds is 7. The Morgan fingerprint density at radius 3 is 2.69 bits per heavy atom. The van der Waals surface area contributed by atoms with Crippen molar-refractivity contribution >= 4 is 0 Å². The van der Waals surface area contributed by atoms with Gasteiger partial charge in [0.25, 0.3) is 0 Å². The highest BCUT2D eigenvalue weighted by Crippen LogP contribution is 2.05. The molecule has 3 heteroatoms. The summed E-state index contributed by atoms with van der Waals surface area (Å²) < 4.78 is 13.0. The minimum absolute atomic E-state index is 0.154. The predicted molar refractivity (Wildman–Crippen MR) is 65.9 cm³/mol. The largest absolute Gasteiger partial charge is 0.329 e. The van der Waals surface area contributed by atoms with E-state index in [1.807, 2.05) is 6.07 Å². The fourth-order valence-electron chi connectivity index (χ4n) is 1.81. The molecule has 90 valence electrons. The van der Waals surface area contributed by atoms with Gasteiger partial charge < -0.3 is 10.6 Å². The summed E-state index contributed by atoms with van der Waals surface area (Å²) in [6.45, 7) is 5.78. The summed E-state index contributed by atoms with van der Waals surface area (Å²) >= 11 is 0. The van der Waals surface area contributed by atoms with Gasteiger partial charge in [-0.1, -0.05) is 19.1 Å². The number of benzene rings is 1. The van der Waals surface area contributed by atoms with Gasteiger partial charge in [0.05, 0.1) is 0 Å². The summed E-state index contributed by atoms with van der Waals surface area (Å²) in [5.74, 6) is -0.154. The Labute approximate surface area is 97.3 Å². The van der Waals surface area contributed by atoms with Gasteiger partial charge in [-0.15, -0.1) is 0 Å². The maximum Gasteiger partial charge on any atom is 0.123 e. The molecule has 0 aromatic heterocycles. The molecule has 0 fully saturated rings. The molecule has 1 rings (SSSR count). The van der Waals surface area contributed by atoms with Gasteiger partial charge in [-0.3, -0.25) is 0 Å². The van der Waals surface area contributed by atoms with E-state index >= 15 is 0 Å². The van der Waals surface area contributed by atoms with E-state index in [2.05, 4.69) is 11.8 Å². The van der Waals surface area contributed by atoms with Crippen molar-refractivity contribution in [2.24, 2.45) is 5.73 Å². The molecular weight excluding hydrogens is 203 g/mol. The molecule has 0 amide bonds. The molecule has 2 nitrogen and oxygen atoms in total. The van der Waals surface area contributed by atoms with Gasteiger partial charge in [-0.05, 0) is 37.1 Å². The van der Waals surface area contributed by atoms with Crippen LogP contribution in [0.2, 0.25) is 0 Å². The molecule has 0 atom stereocenters. The summed E-state index contributed by atoms with van der Waals surface area (Å²) in [5, 5.41) is 0. The Balaban J connectivity index is 2.41. The van der Waals surface area contributed by atoms with Crippen LogP contribution in [0.4, 0.5) is 4.39 Å². The van der Waals surface area contributed by atoms with Gasteiger partial charge in [0.15, 0.2) is 0 Å². The molecule has 0 saturated carbocycles. The standard InChI is InChI=1S/C13H21FN2/c1-2-8-16(10-7-15)9-6-12-4-3-5-13(14)11-12/h3-5,11H,2,6-10,15H2,1H3. The van der Waals surface area contributed by atoms with Crippen LogP contribution in [0.15, 0.2) is 24.3 Å². The average Bonchev–Trinajstić information content (AvgIpc) is 2.27. The zero-order valence-electron chi connectivity index (χ0n) is 9.95. The van der Waals surface area contributed by atoms with Gasteiger partial charge in [0, 0.05) is 19.6 Å². The average molecular weight is 224 g/mol. The third-order valence-electron chi connectivity index (χ3n) is 2.59. The first-order valence-corrected chi connectivity index (χ1v) is 5.93. The number of nitrogens with zero attached hydrogens (tertiary/aromatic N) is 1. The number of halogens is 1. The topological polar surface area (TPSA) is 29.3 Å². The highest BCUT2D eigenvalue weighted by atomic mass is 19.1. The van der Waals surface area contributed by atoms with Crippen LogP contribution in [0.5, 0.6) is 0 Å². The van der Waals surface area contributed by atoms with E-state index in [1.165, 1.54) is 6.07 Å². The zero-order valence-corrected chi connectivity index (χ0v) is 9.95. The van der Waals surface area contributed by atoms with Gasteiger partial charge >= 0.3 is 0 Å². The summed E-state index contributed by atoms with van der Waals surface area (Å²) in [4.78, 5) is 2.32. The monoisotopic (exact) mass is 224 g/mol. The summed E-state index contributed by atoms with van der Waals surface area (Å²) in [6, 6.07) is 6.81. The van der Waals surface area contributed by atoms with Crippen molar-refractivity contribution in [3.05, 3.63) is 35.6 Å². The third-order valence-corrected chi connectivity index (χ3v) is 2.59. The maximum atomic E-state index is 13.0. The first kappa shape index (κ1) is 13.1. The van der Waals surface area contributed by atoms with Crippen molar-refractivity contribution in [3.8, 4) is 0 Å². The van der Waals surface area contributed by atoms with E-state index in [4.69, 9.17) is 5.73 Å². The molecule has 0 aliphatic heterocycles. The van der Waals surface area contributed by atoms with Crippen LogP contribution >= 0.6 is 0 Å². The molecule has 0 unspecified atom stereocenters. The van der Waals surface area contributed by atoms with Crippen molar-refractivity contribution in [2.45, 2.75) is 19.8 Å². The van der Waals surface area contributed by atoms with Crippen LogP contribution in [-0.2, 0) is 6.42 Å². The van der Waals surface area contributed by atoms with Crippen molar-refractivity contribution in [2.75, 3.05) is 26.2 Å². The summed E-state index contributed by atoms with van der Waals surface area (Å²) in [7, 11) is 0. The summed E-state index contributed by atoms with van der Waals surface area (Å²) in [5.41, 5.74) is 6.60. The molecule has 0 radical (unpaired) electrons. The van der Waals surface area contributed by atoms with Gasteiger partial charge in [0.2, 0.25) is 0 Å². The van der Waals surface area contributed by atoms with E-state index in [0.717, 1.165) is 38.0 Å². The second-order valence-corrected chi connectivity index (χ2v) is 4.01. The first-order chi connectivity index (χ1) is 7.76. The summed E-state index contributed by atoms with van der Waals surface area (Å²) in [6.07, 6.45) is 2.01. The Bertz CT molecular complexity index is 296. The van der Waals surface area contributed by atoms with Crippen LogP contribution in [0, 0.1) is 5.82 Å².